The van der Waals surface area contributed by atoms with Crippen molar-refractivity contribution in [1.82, 2.24) is 0 Å². The molecule has 0 fully saturated rings. The first-order chi connectivity index (χ1) is 6.29. The van der Waals surface area contributed by atoms with Gasteiger partial charge in [-0.15, -0.1) is 0 Å². The van der Waals surface area contributed by atoms with Crippen molar-refractivity contribution >= 4 is 5.57 Å². The summed E-state index contributed by atoms with van der Waals surface area (Å²) in [6.45, 7) is 4.36. The van der Waals surface area contributed by atoms with Crippen molar-refractivity contribution in [1.29, 1.82) is 0 Å². The maximum Gasteiger partial charge on any atom is -0.00857 e. The first kappa shape index (κ1) is 8.31. The van der Waals surface area contributed by atoms with Gasteiger partial charge in [-0.3, -0.25) is 0 Å². The second kappa shape index (κ2) is 3.21. The normalized spacial score (nSPS) is 14.8. The summed E-state index contributed by atoms with van der Waals surface area (Å²) < 4.78 is 0. The van der Waals surface area contributed by atoms with Crippen molar-refractivity contribution in [2.75, 3.05) is 0 Å². The summed E-state index contributed by atoms with van der Waals surface area (Å²) in [7, 11) is 0. The van der Waals surface area contributed by atoms with Gasteiger partial charge in [-0.2, -0.15) is 0 Å². The molecule has 0 bridgehead atoms. The molecule has 0 saturated carbocycles. The lowest BCUT2D eigenvalue weighted by Crippen LogP contribution is -1.92. The highest BCUT2D eigenvalue weighted by atomic mass is 14.1. The fraction of sp³-hybridized carbons (Fsp3) is 0.231. The van der Waals surface area contributed by atoms with Crippen LogP contribution in [0.5, 0.6) is 0 Å². The monoisotopic (exact) mass is 170 g/mol. The van der Waals surface area contributed by atoms with E-state index in [1.807, 2.05) is 0 Å². The second-order valence-corrected chi connectivity index (χ2v) is 3.58. The van der Waals surface area contributed by atoms with Crippen molar-refractivity contribution in [2.24, 2.45) is 0 Å². The number of benzene rings is 1. The van der Waals surface area contributed by atoms with Crippen molar-refractivity contribution in [3.8, 4) is 0 Å². The average Bonchev–Trinajstić information content (AvgIpc) is 2.30. The van der Waals surface area contributed by atoms with Crippen molar-refractivity contribution in [2.45, 2.75) is 20.3 Å². The quantitative estimate of drug-likeness (QED) is 0.559. The van der Waals surface area contributed by atoms with E-state index in [2.05, 4.69) is 50.3 Å². The van der Waals surface area contributed by atoms with Gasteiger partial charge in [0.15, 0.2) is 0 Å². The molecule has 13 heavy (non-hydrogen) atoms. The zero-order valence-electron chi connectivity index (χ0n) is 8.17. The van der Waals surface area contributed by atoms with Gasteiger partial charge in [0, 0.05) is 0 Å². The van der Waals surface area contributed by atoms with Gasteiger partial charge < -0.3 is 0 Å². The third-order valence-electron chi connectivity index (χ3n) is 2.64. The number of hydrogen-bond acceptors (Lipinski definition) is 0. The highest BCUT2D eigenvalue weighted by Crippen LogP contribution is 2.24. The van der Waals surface area contributed by atoms with Crippen LogP contribution in [0, 0.1) is 6.92 Å². The lowest BCUT2D eigenvalue weighted by molar-refractivity contribution is 1.20. The van der Waals surface area contributed by atoms with Crippen LogP contribution in [-0.2, 0) is 6.42 Å². The van der Waals surface area contributed by atoms with Crippen molar-refractivity contribution < 1.29 is 0 Å². The average molecular weight is 170 g/mol. The van der Waals surface area contributed by atoms with E-state index in [1.165, 1.54) is 22.3 Å². The van der Waals surface area contributed by atoms with E-state index in [9.17, 15) is 0 Å². The number of aryl methyl sites for hydroxylation is 1. The Kier molecular flexibility index (Phi) is 2.05. The Labute approximate surface area is 79.6 Å². The Morgan fingerprint density at radius 3 is 2.85 bits per heavy atom. The minimum atomic E-state index is 1.07. The molecular formula is C13H14. The molecule has 0 aliphatic heterocycles. The Morgan fingerprint density at radius 1 is 1.15 bits per heavy atom. The highest BCUT2D eigenvalue weighted by molar-refractivity contribution is 5.70. The largest absolute Gasteiger partial charge is 0.0801 e. The molecule has 0 unspecified atom stereocenters. The van der Waals surface area contributed by atoms with E-state index in [1.54, 1.807) is 0 Å². The Bertz CT molecular complexity index is 381. The molecule has 1 aliphatic rings. The van der Waals surface area contributed by atoms with Crippen LogP contribution in [0.25, 0.3) is 5.57 Å². The maximum absolute atomic E-state index is 2.22. The first-order valence-corrected chi connectivity index (χ1v) is 4.71. The van der Waals surface area contributed by atoms with E-state index in [0.717, 1.165) is 6.42 Å². The van der Waals surface area contributed by atoms with Crippen LogP contribution in [0.15, 0.2) is 36.4 Å². The standard InChI is InChI=1S/C13H14/c1-10-6-3-4-8-12-11(2)7-5-9-13(10)12/h3-7,9H,8H2,1-2H3. The van der Waals surface area contributed by atoms with E-state index in [4.69, 9.17) is 0 Å². The van der Waals surface area contributed by atoms with Gasteiger partial charge in [-0.05, 0) is 42.5 Å². The van der Waals surface area contributed by atoms with Crippen LogP contribution in [0.1, 0.15) is 23.6 Å². The summed E-state index contributed by atoms with van der Waals surface area (Å²) in [5.41, 5.74) is 5.65. The number of hydrogen-bond donors (Lipinski definition) is 0. The van der Waals surface area contributed by atoms with E-state index in [0.29, 0.717) is 0 Å². The van der Waals surface area contributed by atoms with Gasteiger partial charge in [0.2, 0.25) is 0 Å². The minimum Gasteiger partial charge on any atom is -0.0801 e. The zero-order valence-corrected chi connectivity index (χ0v) is 8.17. The summed E-state index contributed by atoms with van der Waals surface area (Å²) in [6, 6.07) is 6.53. The van der Waals surface area contributed by atoms with Gasteiger partial charge in [-0.25, -0.2) is 0 Å². The minimum absolute atomic E-state index is 1.07. The predicted molar refractivity (Wildman–Crippen MR) is 57.7 cm³/mol. The van der Waals surface area contributed by atoms with Gasteiger partial charge in [0.25, 0.3) is 0 Å². The second-order valence-electron chi connectivity index (χ2n) is 3.58. The smallest absolute Gasteiger partial charge is 0.00857 e. The molecule has 0 heterocycles. The van der Waals surface area contributed by atoms with Crippen LogP contribution in [0.2, 0.25) is 0 Å². The SMILES string of the molecule is CC1=CC=CCc2c(C)cccc21. The summed E-state index contributed by atoms with van der Waals surface area (Å²) in [4.78, 5) is 0. The lowest BCUT2D eigenvalue weighted by atomic mass is 9.96. The van der Waals surface area contributed by atoms with Gasteiger partial charge in [0.05, 0.1) is 0 Å². The number of fused-ring (bicyclic) bond motifs is 1. The molecule has 0 radical (unpaired) electrons. The summed E-state index contributed by atoms with van der Waals surface area (Å²) in [5, 5.41) is 0. The van der Waals surface area contributed by atoms with Crippen LogP contribution < -0.4 is 0 Å². The summed E-state index contributed by atoms with van der Waals surface area (Å²) >= 11 is 0. The van der Waals surface area contributed by atoms with Crippen LogP contribution in [0.4, 0.5) is 0 Å². The molecule has 66 valence electrons. The molecule has 0 heteroatoms. The number of rotatable bonds is 0. The van der Waals surface area contributed by atoms with Crippen LogP contribution in [0.3, 0.4) is 0 Å². The van der Waals surface area contributed by atoms with Gasteiger partial charge in [-0.1, -0.05) is 36.4 Å². The van der Waals surface area contributed by atoms with Crippen molar-refractivity contribution in [3.05, 3.63) is 53.1 Å². The molecule has 0 aromatic heterocycles. The van der Waals surface area contributed by atoms with E-state index >= 15 is 0 Å². The molecule has 0 amide bonds. The molecule has 1 aromatic rings. The summed E-state index contributed by atoms with van der Waals surface area (Å²) in [6.07, 6.45) is 7.62. The highest BCUT2D eigenvalue weighted by Gasteiger charge is 2.06. The van der Waals surface area contributed by atoms with E-state index in [-0.39, 0.29) is 0 Å². The molecule has 0 saturated heterocycles. The molecule has 2 rings (SSSR count). The third-order valence-corrected chi connectivity index (χ3v) is 2.64. The molecule has 0 nitrogen and oxygen atoms in total. The van der Waals surface area contributed by atoms with Crippen molar-refractivity contribution in [3.63, 3.8) is 0 Å². The molecular weight excluding hydrogens is 156 g/mol. The Balaban J connectivity index is 2.65. The Morgan fingerprint density at radius 2 is 2.00 bits per heavy atom. The molecule has 0 atom stereocenters. The zero-order chi connectivity index (χ0) is 9.26. The Hall–Kier alpha value is -1.30. The fourth-order valence-electron chi connectivity index (χ4n) is 1.83. The molecule has 0 N–H and O–H groups in total. The van der Waals surface area contributed by atoms with Gasteiger partial charge in [0.1, 0.15) is 0 Å². The summed E-state index contributed by atoms with van der Waals surface area (Å²) in [5.74, 6) is 0. The third kappa shape index (κ3) is 1.44. The van der Waals surface area contributed by atoms with E-state index < -0.39 is 0 Å². The fourth-order valence-corrected chi connectivity index (χ4v) is 1.83. The lowest BCUT2D eigenvalue weighted by Gasteiger charge is -2.09. The predicted octanol–water partition coefficient (Wildman–Crippen LogP) is 3.51. The first-order valence-electron chi connectivity index (χ1n) is 4.71. The number of allylic oxidation sites excluding steroid dienone is 4. The molecule has 1 aliphatic carbocycles. The van der Waals surface area contributed by atoms with Gasteiger partial charge >= 0.3 is 0 Å². The van der Waals surface area contributed by atoms with Crippen LogP contribution in [-0.4, -0.2) is 0 Å². The molecule has 1 aromatic carbocycles. The molecule has 0 spiro atoms. The maximum atomic E-state index is 2.22. The topological polar surface area (TPSA) is 0 Å². The van der Waals surface area contributed by atoms with Crippen LogP contribution >= 0.6 is 0 Å².